The second-order valence-corrected chi connectivity index (χ2v) is 9.84. The molecule has 0 bridgehead atoms. The highest BCUT2D eigenvalue weighted by molar-refractivity contribution is 7.92. The molecule has 0 aliphatic rings. The van der Waals surface area contributed by atoms with Gasteiger partial charge in [0.2, 0.25) is 21.8 Å². The van der Waals surface area contributed by atoms with Crippen molar-refractivity contribution < 1.29 is 18.0 Å². The van der Waals surface area contributed by atoms with Gasteiger partial charge in [0.15, 0.2) is 0 Å². The number of halogens is 2. The van der Waals surface area contributed by atoms with E-state index >= 15 is 0 Å². The largest absolute Gasteiger partial charge is 0.357 e. The molecule has 0 radical (unpaired) electrons. The van der Waals surface area contributed by atoms with Gasteiger partial charge in [-0.15, -0.1) is 0 Å². The number of aryl methyl sites for hydroxylation is 1. The van der Waals surface area contributed by atoms with Crippen molar-refractivity contribution >= 4 is 50.7 Å². The molecule has 2 amide bonds. The van der Waals surface area contributed by atoms with Crippen LogP contribution in [0.15, 0.2) is 42.5 Å². The first-order chi connectivity index (χ1) is 14.5. The van der Waals surface area contributed by atoms with E-state index in [0.717, 1.165) is 16.1 Å². The van der Waals surface area contributed by atoms with Crippen molar-refractivity contribution in [1.29, 1.82) is 0 Å². The molecule has 2 aromatic carbocycles. The lowest BCUT2D eigenvalue weighted by Crippen LogP contribution is -2.50. The van der Waals surface area contributed by atoms with Crippen LogP contribution in [0.1, 0.15) is 18.1 Å². The lowest BCUT2D eigenvalue weighted by Gasteiger charge is -2.31. The molecule has 0 aromatic heterocycles. The maximum absolute atomic E-state index is 13.3. The molecule has 0 aliphatic heterocycles. The van der Waals surface area contributed by atoms with Crippen molar-refractivity contribution in [1.82, 2.24) is 10.2 Å². The fourth-order valence-corrected chi connectivity index (χ4v) is 4.34. The maximum atomic E-state index is 13.3. The summed E-state index contributed by atoms with van der Waals surface area (Å²) in [4.78, 5) is 26.9. The number of hydrogen-bond acceptors (Lipinski definition) is 4. The normalized spacial score (nSPS) is 12.2. The number of hydrogen-bond donors (Lipinski definition) is 1. The van der Waals surface area contributed by atoms with E-state index in [0.29, 0.717) is 21.3 Å². The van der Waals surface area contributed by atoms with Gasteiger partial charge in [0.05, 0.1) is 11.9 Å². The molecule has 2 aromatic rings. The standard InChI is InChI=1S/C21H25Cl2N3O4S/c1-14-8-10-16(11-9-14)26(31(4,29)30)13-20(27)25(15(2)21(28)24-3)12-17-18(22)6-5-7-19(17)23/h5-11,15H,12-13H2,1-4H3,(H,24,28)/t15-/m1/s1. The SMILES string of the molecule is CNC(=O)[C@@H](C)N(Cc1c(Cl)cccc1Cl)C(=O)CN(c1ccc(C)cc1)S(C)(=O)=O. The third kappa shape index (κ3) is 6.35. The Hall–Kier alpha value is -2.29. The number of rotatable bonds is 8. The summed E-state index contributed by atoms with van der Waals surface area (Å²) >= 11 is 12.5. The van der Waals surface area contributed by atoms with E-state index in [4.69, 9.17) is 23.2 Å². The molecule has 0 saturated carbocycles. The molecule has 31 heavy (non-hydrogen) atoms. The summed E-state index contributed by atoms with van der Waals surface area (Å²) < 4.78 is 25.9. The zero-order valence-corrected chi connectivity index (χ0v) is 20.1. The van der Waals surface area contributed by atoms with E-state index in [1.165, 1.54) is 11.9 Å². The lowest BCUT2D eigenvalue weighted by molar-refractivity contribution is -0.139. The van der Waals surface area contributed by atoms with Gasteiger partial charge in [0.1, 0.15) is 12.6 Å². The van der Waals surface area contributed by atoms with Crippen molar-refractivity contribution in [2.45, 2.75) is 26.4 Å². The van der Waals surface area contributed by atoms with E-state index in [-0.39, 0.29) is 6.54 Å². The molecule has 1 atom stereocenters. The molecule has 0 fully saturated rings. The lowest BCUT2D eigenvalue weighted by atomic mass is 10.1. The minimum absolute atomic E-state index is 0.0581. The molecule has 0 heterocycles. The van der Waals surface area contributed by atoms with Gasteiger partial charge in [0.25, 0.3) is 0 Å². The predicted molar refractivity (Wildman–Crippen MR) is 124 cm³/mol. The van der Waals surface area contributed by atoms with Crippen molar-refractivity contribution in [2.75, 3.05) is 24.2 Å². The average Bonchev–Trinajstić information content (AvgIpc) is 2.70. The fourth-order valence-electron chi connectivity index (χ4n) is 2.97. The number of benzene rings is 2. The molecule has 10 heteroatoms. The highest BCUT2D eigenvalue weighted by Crippen LogP contribution is 2.27. The van der Waals surface area contributed by atoms with Crippen molar-refractivity contribution in [2.24, 2.45) is 0 Å². The minimum Gasteiger partial charge on any atom is -0.357 e. The molecule has 7 nitrogen and oxygen atoms in total. The third-order valence-corrected chi connectivity index (χ3v) is 6.65. The Bertz CT molecular complexity index is 1040. The van der Waals surface area contributed by atoms with Crippen LogP contribution < -0.4 is 9.62 Å². The highest BCUT2D eigenvalue weighted by Gasteiger charge is 2.30. The van der Waals surface area contributed by atoms with E-state index in [1.807, 2.05) is 6.92 Å². The van der Waals surface area contributed by atoms with Crippen LogP contribution in [0.25, 0.3) is 0 Å². The van der Waals surface area contributed by atoms with Gasteiger partial charge in [-0.25, -0.2) is 8.42 Å². The Labute approximate surface area is 193 Å². The number of carbonyl (C=O) groups excluding carboxylic acids is 2. The first kappa shape index (κ1) is 25.0. The Balaban J connectivity index is 2.43. The molecule has 0 saturated heterocycles. The second kappa shape index (κ2) is 10.3. The number of likely N-dealkylation sites (N-methyl/N-ethyl adjacent to an activating group) is 1. The third-order valence-electron chi connectivity index (χ3n) is 4.80. The molecule has 1 N–H and O–H groups in total. The topological polar surface area (TPSA) is 86.8 Å². The van der Waals surface area contributed by atoms with Crippen LogP contribution in [0.2, 0.25) is 10.0 Å². The van der Waals surface area contributed by atoms with Crippen LogP contribution in [-0.4, -0.2) is 51.0 Å². The van der Waals surface area contributed by atoms with Crippen LogP contribution in [0, 0.1) is 6.92 Å². The molecule has 0 unspecified atom stereocenters. The molecule has 168 valence electrons. The monoisotopic (exact) mass is 485 g/mol. The van der Waals surface area contributed by atoms with Gasteiger partial charge in [-0.2, -0.15) is 0 Å². The van der Waals surface area contributed by atoms with Gasteiger partial charge >= 0.3 is 0 Å². The smallest absolute Gasteiger partial charge is 0.244 e. The van der Waals surface area contributed by atoms with Crippen molar-refractivity contribution in [3.63, 3.8) is 0 Å². The zero-order valence-electron chi connectivity index (χ0n) is 17.7. The van der Waals surface area contributed by atoms with Crippen LogP contribution in [0.4, 0.5) is 5.69 Å². The van der Waals surface area contributed by atoms with Crippen LogP contribution in [0.3, 0.4) is 0 Å². The van der Waals surface area contributed by atoms with E-state index in [9.17, 15) is 18.0 Å². The Morgan fingerprint density at radius 3 is 2.10 bits per heavy atom. The average molecular weight is 486 g/mol. The summed E-state index contributed by atoms with van der Waals surface area (Å²) in [6.07, 6.45) is 1.03. The molecule has 0 aliphatic carbocycles. The van der Waals surface area contributed by atoms with Crippen LogP contribution >= 0.6 is 23.2 Å². The summed E-state index contributed by atoms with van der Waals surface area (Å²) in [5.41, 5.74) is 1.77. The first-order valence-corrected chi connectivity index (χ1v) is 12.0. The van der Waals surface area contributed by atoms with Gasteiger partial charge in [0, 0.05) is 29.2 Å². The summed E-state index contributed by atoms with van der Waals surface area (Å²) in [6, 6.07) is 10.8. The minimum atomic E-state index is -3.77. The van der Waals surface area contributed by atoms with Crippen molar-refractivity contribution in [3.05, 3.63) is 63.6 Å². The Morgan fingerprint density at radius 1 is 1.06 bits per heavy atom. The van der Waals surface area contributed by atoms with Gasteiger partial charge in [-0.1, -0.05) is 47.0 Å². The van der Waals surface area contributed by atoms with Crippen LogP contribution in [-0.2, 0) is 26.2 Å². The van der Waals surface area contributed by atoms with Gasteiger partial charge < -0.3 is 10.2 Å². The Morgan fingerprint density at radius 2 is 1.61 bits per heavy atom. The quantitative estimate of drug-likeness (QED) is 0.621. The van der Waals surface area contributed by atoms with E-state index < -0.39 is 34.4 Å². The molecule has 2 rings (SSSR count). The molecular formula is C21H25Cl2N3O4S. The summed E-state index contributed by atoms with van der Waals surface area (Å²) in [5.74, 6) is -0.976. The van der Waals surface area contributed by atoms with Gasteiger partial charge in [-0.05, 0) is 38.1 Å². The van der Waals surface area contributed by atoms with Crippen LogP contribution in [0.5, 0.6) is 0 Å². The molecule has 0 spiro atoms. The number of nitrogens with one attached hydrogen (secondary N) is 1. The number of nitrogens with zero attached hydrogens (tertiary/aromatic N) is 2. The summed E-state index contributed by atoms with van der Waals surface area (Å²) in [6.45, 7) is 2.89. The zero-order chi connectivity index (χ0) is 23.3. The van der Waals surface area contributed by atoms with Crippen molar-refractivity contribution in [3.8, 4) is 0 Å². The number of amides is 2. The first-order valence-electron chi connectivity index (χ1n) is 9.44. The second-order valence-electron chi connectivity index (χ2n) is 7.12. The predicted octanol–water partition coefficient (Wildman–Crippen LogP) is 3.23. The molecular weight excluding hydrogens is 461 g/mol. The number of sulfonamides is 1. The fraction of sp³-hybridized carbons (Fsp3) is 0.333. The maximum Gasteiger partial charge on any atom is 0.244 e. The Kier molecular flexibility index (Phi) is 8.34. The number of anilines is 1. The highest BCUT2D eigenvalue weighted by atomic mass is 35.5. The summed E-state index contributed by atoms with van der Waals surface area (Å²) in [7, 11) is -2.31. The van der Waals surface area contributed by atoms with Gasteiger partial charge in [-0.3, -0.25) is 13.9 Å². The summed E-state index contributed by atoms with van der Waals surface area (Å²) in [5, 5.41) is 3.19. The van der Waals surface area contributed by atoms with E-state index in [2.05, 4.69) is 5.32 Å². The number of carbonyl (C=O) groups is 2. The van der Waals surface area contributed by atoms with E-state index in [1.54, 1.807) is 49.4 Å².